The Morgan fingerprint density at radius 3 is 2.76 bits per heavy atom. The number of hydrogen-bond acceptors (Lipinski definition) is 7. The van der Waals surface area contributed by atoms with Crippen molar-refractivity contribution in [1.82, 2.24) is 4.98 Å². The number of nitro benzene ring substituents is 1. The van der Waals surface area contributed by atoms with E-state index in [9.17, 15) is 20.2 Å². The number of benzene rings is 2. The molecule has 0 aliphatic heterocycles. The van der Waals surface area contributed by atoms with E-state index in [4.69, 9.17) is 4.42 Å². The zero-order valence-corrected chi connectivity index (χ0v) is 15.6. The molecule has 29 heavy (non-hydrogen) atoms. The van der Waals surface area contributed by atoms with Gasteiger partial charge in [-0.2, -0.15) is 5.26 Å². The first-order valence-electron chi connectivity index (χ1n) is 8.41. The molecular formula is C21H11N3O4S. The fourth-order valence-corrected chi connectivity index (χ4v) is 3.62. The minimum atomic E-state index is -0.526. The highest BCUT2D eigenvalue weighted by atomic mass is 32.1. The van der Waals surface area contributed by atoms with E-state index in [0.29, 0.717) is 21.8 Å². The van der Waals surface area contributed by atoms with Crippen molar-refractivity contribution in [3.05, 3.63) is 91.1 Å². The largest absolute Gasteiger partial charge is 0.422 e. The second-order valence-corrected chi connectivity index (χ2v) is 6.87. The molecule has 0 aliphatic carbocycles. The minimum Gasteiger partial charge on any atom is -0.422 e. The minimum absolute atomic E-state index is 0.104. The van der Waals surface area contributed by atoms with Crippen LogP contribution >= 0.6 is 11.3 Å². The maximum atomic E-state index is 12.3. The van der Waals surface area contributed by atoms with Gasteiger partial charge in [0.2, 0.25) is 0 Å². The standard InChI is InChI=1S/C21H11N3O4S/c22-11-15(9-13-5-1-3-7-18(13)24(26)27)20-23-17(12-29-20)16-10-14-6-2-4-8-19(14)28-21(16)25/h1-10,12H. The van der Waals surface area contributed by atoms with Crippen molar-refractivity contribution in [2.45, 2.75) is 0 Å². The van der Waals surface area contributed by atoms with Crippen LogP contribution in [-0.4, -0.2) is 9.91 Å². The van der Waals surface area contributed by atoms with Crippen LogP contribution < -0.4 is 5.63 Å². The summed E-state index contributed by atoms with van der Waals surface area (Å²) in [5.41, 5.74) is 0.985. The van der Waals surface area contributed by atoms with E-state index in [1.807, 2.05) is 18.2 Å². The van der Waals surface area contributed by atoms with Crippen LogP contribution in [-0.2, 0) is 0 Å². The highest BCUT2D eigenvalue weighted by Crippen LogP contribution is 2.29. The molecule has 0 aliphatic rings. The fraction of sp³-hybridized carbons (Fsp3) is 0. The normalized spacial score (nSPS) is 11.3. The number of thiazole rings is 1. The molecule has 2 heterocycles. The van der Waals surface area contributed by atoms with Crippen LogP contribution in [0.25, 0.3) is 33.9 Å². The molecule has 140 valence electrons. The molecule has 4 aromatic rings. The second-order valence-electron chi connectivity index (χ2n) is 6.01. The molecule has 0 bridgehead atoms. The third-order valence-corrected chi connectivity index (χ3v) is 5.08. The predicted octanol–water partition coefficient (Wildman–Crippen LogP) is 4.89. The molecule has 0 saturated heterocycles. The SMILES string of the molecule is N#CC(=Cc1ccccc1[N+](=O)[O-])c1nc(-c2cc3ccccc3oc2=O)cs1. The van der Waals surface area contributed by atoms with Gasteiger partial charge in [-0.05, 0) is 24.3 Å². The van der Waals surface area contributed by atoms with Gasteiger partial charge in [0.25, 0.3) is 5.69 Å². The Morgan fingerprint density at radius 2 is 1.97 bits per heavy atom. The van der Waals surface area contributed by atoms with E-state index in [2.05, 4.69) is 4.98 Å². The van der Waals surface area contributed by atoms with Gasteiger partial charge in [-0.15, -0.1) is 11.3 Å². The van der Waals surface area contributed by atoms with E-state index in [-0.39, 0.29) is 16.8 Å². The Bertz CT molecular complexity index is 1380. The Hall–Kier alpha value is -4.09. The molecule has 2 aromatic heterocycles. The molecule has 0 fully saturated rings. The number of aromatic nitrogens is 1. The maximum absolute atomic E-state index is 12.3. The van der Waals surface area contributed by atoms with E-state index in [1.54, 1.807) is 41.8 Å². The van der Waals surface area contributed by atoms with Crippen LogP contribution in [0.5, 0.6) is 0 Å². The summed E-state index contributed by atoms with van der Waals surface area (Å²) in [7, 11) is 0. The fourth-order valence-electron chi connectivity index (χ4n) is 2.83. The smallest absolute Gasteiger partial charge is 0.345 e. The first-order valence-corrected chi connectivity index (χ1v) is 9.29. The van der Waals surface area contributed by atoms with Crippen LogP contribution in [0.3, 0.4) is 0 Å². The number of fused-ring (bicyclic) bond motifs is 1. The maximum Gasteiger partial charge on any atom is 0.345 e. The van der Waals surface area contributed by atoms with Gasteiger partial charge < -0.3 is 4.42 Å². The van der Waals surface area contributed by atoms with Crippen molar-refractivity contribution < 1.29 is 9.34 Å². The number of allylic oxidation sites excluding steroid dienone is 1. The molecule has 7 nitrogen and oxygen atoms in total. The molecule has 0 N–H and O–H groups in total. The van der Waals surface area contributed by atoms with Gasteiger partial charge >= 0.3 is 5.63 Å². The predicted molar refractivity (Wildman–Crippen MR) is 110 cm³/mol. The first kappa shape index (κ1) is 18.3. The molecule has 0 atom stereocenters. The molecule has 0 amide bonds. The summed E-state index contributed by atoms with van der Waals surface area (Å²) in [4.78, 5) is 27.4. The summed E-state index contributed by atoms with van der Waals surface area (Å²) in [6.07, 6.45) is 1.42. The van der Waals surface area contributed by atoms with Gasteiger partial charge in [0, 0.05) is 16.8 Å². The zero-order valence-electron chi connectivity index (χ0n) is 14.7. The van der Waals surface area contributed by atoms with Crippen molar-refractivity contribution in [3.63, 3.8) is 0 Å². The van der Waals surface area contributed by atoms with Crippen LogP contribution in [0.2, 0.25) is 0 Å². The number of rotatable bonds is 4. The Balaban J connectivity index is 1.77. The van der Waals surface area contributed by atoms with E-state index in [0.717, 1.165) is 5.39 Å². The van der Waals surface area contributed by atoms with Gasteiger partial charge in [0.05, 0.1) is 27.3 Å². The highest BCUT2D eigenvalue weighted by molar-refractivity contribution is 7.11. The second kappa shape index (κ2) is 7.50. The lowest BCUT2D eigenvalue weighted by Crippen LogP contribution is -2.02. The molecule has 0 unspecified atom stereocenters. The lowest BCUT2D eigenvalue weighted by molar-refractivity contribution is -0.385. The van der Waals surface area contributed by atoms with Crippen molar-refractivity contribution in [3.8, 4) is 17.3 Å². The van der Waals surface area contributed by atoms with Crippen LogP contribution in [0, 0.1) is 21.4 Å². The van der Waals surface area contributed by atoms with E-state index >= 15 is 0 Å². The van der Waals surface area contributed by atoms with Gasteiger partial charge in [0.15, 0.2) is 0 Å². The van der Waals surface area contributed by atoms with Crippen molar-refractivity contribution >= 4 is 39.6 Å². The average Bonchev–Trinajstić information content (AvgIpc) is 3.21. The third-order valence-electron chi connectivity index (χ3n) is 4.21. The van der Waals surface area contributed by atoms with Gasteiger partial charge in [-0.3, -0.25) is 10.1 Å². The van der Waals surface area contributed by atoms with Gasteiger partial charge in [-0.25, -0.2) is 9.78 Å². The van der Waals surface area contributed by atoms with Crippen molar-refractivity contribution in [1.29, 1.82) is 5.26 Å². The topological polar surface area (TPSA) is 110 Å². The number of nitrogens with zero attached hydrogens (tertiary/aromatic N) is 3. The average molecular weight is 401 g/mol. The summed E-state index contributed by atoms with van der Waals surface area (Å²) >= 11 is 1.17. The molecular weight excluding hydrogens is 390 g/mol. The quantitative estimate of drug-likeness (QED) is 0.208. The lowest BCUT2D eigenvalue weighted by atomic mass is 10.1. The van der Waals surface area contributed by atoms with Crippen molar-refractivity contribution in [2.24, 2.45) is 0 Å². The Labute approximate surface area is 168 Å². The number of hydrogen-bond donors (Lipinski definition) is 0. The molecule has 0 radical (unpaired) electrons. The van der Waals surface area contributed by atoms with Crippen LogP contribution in [0.4, 0.5) is 5.69 Å². The summed E-state index contributed by atoms with van der Waals surface area (Å²) < 4.78 is 5.34. The van der Waals surface area contributed by atoms with Crippen molar-refractivity contribution in [2.75, 3.05) is 0 Å². The van der Waals surface area contributed by atoms with Gasteiger partial charge in [-0.1, -0.05) is 30.3 Å². The molecule has 8 heteroatoms. The number of nitro groups is 1. The van der Waals surface area contributed by atoms with E-state index < -0.39 is 10.5 Å². The molecule has 2 aromatic carbocycles. The molecule has 4 rings (SSSR count). The van der Waals surface area contributed by atoms with E-state index in [1.165, 1.54) is 23.5 Å². The summed E-state index contributed by atoms with van der Waals surface area (Å²) in [5, 5.41) is 23.5. The Morgan fingerprint density at radius 1 is 1.21 bits per heavy atom. The molecule has 0 saturated carbocycles. The summed E-state index contributed by atoms with van der Waals surface area (Å²) in [6, 6.07) is 17.0. The Kier molecular flexibility index (Phi) is 4.73. The number of nitriles is 1. The summed E-state index contributed by atoms with van der Waals surface area (Å²) in [5.74, 6) is 0. The van der Waals surface area contributed by atoms with Gasteiger partial charge in [0.1, 0.15) is 16.7 Å². The number of para-hydroxylation sites is 2. The monoisotopic (exact) mass is 401 g/mol. The molecule has 0 spiro atoms. The summed E-state index contributed by atoms with van der Waals surface area (Å²) in [6.45, 7) is 0. The zero-order chi connectivity index (χ0) is 20.4. The van der Waals surface area contributed by atoms with Crippen LogP contribution in [0.15, 0.2) is 69.2 Å². The third kappa shape index (κ3) is 3.54. The highest BCUT2D eigenvalue weighted by Gasteiger charge is 2.16. The lowest BCUT2D eigenvalue weighted by Gasteiger charge is -1.99. The first-order chi connectivity index (χ1) is 14.1. The van der Waals surface area contributed by atoms with Crippen LogP contribution in [0.1, 0.15) is 10.6 Å².